The Morgan fingerprint density at radius 2 is 1.74 bits per heavy atom. The molecule has 9 nitrogen and oxygen atoms in total. The van der Waals surface area contributed by atoms with Crippen LogP contribution in [0.4, 0.5) is 0 Å². The van der Waals surface area contributed by atoms with Crippen LogP contribution in [0.25, 0.3) is 10.9 Å². The summed E-state index contributed by atoms with van der Waals surface area (Å²) in [4.78, 5) is 41.7. The molecule has 0 saturated carbocycles. The Balaban J connectivity index is 2.01. The zero-order valence-corrected chi connectivity index (χ0v) is 17.9. The van der Waals surface area contributed by atoms with Crippen LogP contribution < -0.4 is 10.3 Å². The highest BCUT2D eigenvalue weighted by Gasteiger charge is 2.52. The predicted molar refractivity (Wildman–Crippen MR) is 110 cm³/mol. The first-order valence-electron chi connectivity index (χ1n) is 9.85. The van der Waals surface area contributed by atoms with Gasteiger partial charge in [-0.05, 0) is 17.5 Å². The van der Waals surface area contributed by atoms with Gasteiger partial charge in [-0.15, -0.1) is 0 Å². The number of esters is 2. The zero-order chi connectivity index (χ0) is 22.7. The summed E-state index contributed by atoms with van der Waals surface area (Å²) in [5.41, 5.74) is 1.23. The monoisotopic (exact) mass is 425 g/mol. The third-order valence-corrected chi connectivity index (χ3v) is 5.81. The summed E-state index contributed by atoms with van der Waals surface area (Å²) < 4.78 is 12.9. The molecule has 0 aliphatic carbocycles. The van der Waals surface area contributed by atoms with E-state index in [4.69, 9.17) is 9.47 Å². The molecule has 0 radical (unpaired) electrons. The molecule has 3 heterocycles. The molecular formula is C22H23N3O6. The number of H-pyrrole nitrogens is 1. The van der Waals surface area contributed by atoms with Gasteiger partial charge < -0.3 is 19.7 Å². The predicted octanol–water partition coefficient (Wildman–Crippen LogP) is 1.70. The van der Waals surface area contributed by atoms with E-state index in [0.29, 0.717) is 27.0 Å². The number of aromatic nitrogens is 3. The summed E-state index contributed by atoms with van der Waals surface area (Å²) in [5.74, 6) is -5.78. The van der Waals surface area contributed by atoms with Gasteiger partial charge in [0.05, 0.1) is 7.05 Å². The number of carbonyl (C=O) groups excluding carboxylic acids is 2. The van der Waals surface area contributed by atoms with E-state index in [2.05, 4.69) is 4.98 Å². The summed E-state index contributed by atoms with van der Waals surface area (Å²) in [6.45, 7) is 6.27. The summed E-state index contributed by atoms with van der Waals surface area (Å²) in [6, 6.07) is 8.71. The van der Waals surface area contributed by atoms with Gasteiger partial charge in [0.25, 0.3) is 17.2 Å². The molecule has 0 spiro atoms. The van der Waals surface area contributed by atoms with Crippen LogP contribution in [0.1, 0.15) is 42.5 Å². The second-order valence-corrected chi connectivity index (χ2v) is 8.22. The molecule has 1 N–H and O–H groups in total. The van der Waals surface area contributed by atoms with Crippen molar-refractivity contribution >= 4 is 22.8 Å². The number of fused-ring (bicyclic) bond motifs is 1. The van der Waals surface area contributed by atoms with Crippen molar-refractivity contribution in [2.75, 3.05) is 0 Å². The first kappa shape index (κ1) is 20.6. The van der Waals surface area contributed by atoms with Crippen molar-refractivity contribution in [2.45, 2.75) is 39.4 Å². The first-order chi connectivity index (χ1) is 14.5. The van der Waals surface area contributed by atoms with Crippen LogP contribution in [0.2, 0.25) is 0 Å². The van der Waals surface area contributed by atoms with Crippen molar-refractivity contribution in [2.24, 2.45) is 13.0 Å². The van der Waals surface area contributed by atoms with E-state index in [9.17, 15) is 19.6 Å². The van der Waals surface area contributed by atoms with E-state index >= 15 is 0 Å². The smallest absolute Gasteiger partial charge is 0.324 e. The fourth-order valence-electron chi connectivity index (χ4n) is 4.07. The van der Waals surface area contributed by atoms with Crippen molar-refractivity contribution in [3.8, 4) is 0 Å². The number of para-hydroxylation sites is 1. The van der Waals surface area contributed by atoms with Crippen LogP contribution in [0.15, 0.2) is 35.1 Å². The van der Waals surface area contributed by atoms with Crippen molar-refractivity contribution in [1.29, 1.82) is 0 Å². The number of aromatic amines is 1. The average molecular weight is 425 g/mol. The van der Waals surface area contributed by atoms with Gasteiger partial charge in [0.2, 0.25) is 0 Å². The van der Waals surface area contributed by atoms with Crippen LogP contribution in [-0.2, 0) is 26.1 Å². The Bertz CT molecular complexity index is 1240. The highest BCUT2D eigenvalue weighted by atomic mass is 16.7. The third-order valence-electron chi connectivity index (χ3n) is 5.81. The van der Waals surface area contributed by atoms with Gasteiger partial charge in [-0.2, -0.15) is 0 Å². The Morgan fingerprint density at radius 3 is 2.32 bits per heavy atom. The van der Waals surface area contributed by atoms with E-state index in [1.807, 2.05) is 0 Å². The van der Waals surface area contributed by atoms with E-state index in [-0.39, 0.29) is 11.4 Å². The van der Waals surface area contributed by atoms with Gasteiger partial charge in [-0.3, -0.25) is 14.4 Å². The largest absolute Gasteiger partial charge is 0.711 e. The van der Waals surface area contributed by atoms with E-state index in [0.717, 1.165) is 0 Å². The molecule has 1 fully saturated rings. The van der Waals surface area contributed by atoms with Crippen molar-refractivity contribution in [1.82, 2.24) is 9.55 Å². The number of ether oxygens (including phenoxy) is 2. The van der Waals surface area contributed by atoms with Crippen LogP contribution in [0, 0.1) is 25.0 Å². The number of rotatable bonds is 3. The number of carbonyl (C=O) groups is 2. The summed E-state index contributed by atoms with van der Waals surface area (Å²) in [6.07, 6.45) is 0. The molecular weight excluding hydrogens is 402 g/mol. The maximum atomic E-state index is 13.1. The fraction of sp³-hybridized carbons (Fsp3) is 0.364. The summed E-state index contributed by atoms with van der Waals surface area (Å²) in [5, 5.41) is 13.8. The minimum atomic E-state index is -1.51. The minimum Gasteiger partial charge on any atom is -0.711 e. The maximum Gasteiger partial charge on any atom is 0.324 e. The number of nitrogens with one attached hydrogen (secondary N) is 1. The fourth-order valence-corrected chi connectivity index (χ4v) is 4.07. The molecule has 9 heteroatoms. The van der Waals surface area contributed by atoms with Gasteiger partial charge in [0, 0.05) is 38.8 Å². The van der Waals surface area contributed by atoms with Gasteiger partial charge in [-0.1, -0.05) is 18.2 Å². The number of benzene rings is 1. The SMILES string of the molecule is Cc1c(C)[n+]([O-])c([C@@H](c2cc3ccccc3[nH]c2=O)C2C(=O)OC(C)(C)OC2=O)n1C. The van der Waals surface area contributed by atoms with Gasteiger partial charge >= 0.3 is 11.9 Å². The second-order valence-electron chi connectivity index (χ2n) is 8.22. The van der Waals surface area contributed by atoms with Crippen LogP contribution in [0.5, 0.6) is 0 Å². The summed E-state index contributed by atoms with van der Waals surface area (Å²) >= 11 is 0. The maximum absolute atomic E-state index is 13.1. The number of cyclic esters (lactones) is 2. The van der Waals surface area contributed by atoms with Crippen LogP contribution in [0.3, 0.4) is 0 Å². The number of pyridine rings is 1. The molecule has 1 saturated heterocycles. The van der Waals surface area contributed by atoms with Crippen molar-refractivity contribution < 1.29 is 23.8 Å². The molecule has 0 unspecified atom stereocenters. The van der Waals surface area contributed by atoms with Gasteiger partial charge in [0.15, 0.2) is 5.92 Å². The number of nitrogens with zero attached hydrogens (tertiary/aromatic N) is 2. The quantitative estimate of drug-likeness (QED) is 0.295. The molecule has 0 amide bonds. The number of hydrogen-bond donors (Lipinski definition) is 1. The Kier molecular flexibility index (Phi) is 4.64. The number of imidazole rings is 1. The lowest BCUT2D eigenvalue weighted by Crippen LogP contribution is -2.51. The number of hydrogen-bond acceptors (Lipinski definition) is 6. The first-order valence-corrected chi connectivity index (χ1v) is 9.85. The van der Waals surface area contributed by atoms with Gasteiger partial charge in [-0.25, -0.2) is 9.30 Å². The minimum absolute atomic E-state index is 0.0781. The molecule has 1 aromatic carbocycles. The molecule has 1 aliphatic rings. The van der Waals surface area contributed by atoms with E-state index in [1.165, 1.54) is 13.8 Å². The lowest BCUT2D eigenvalue weighted by atomic mass is 9.84. The van der Waals surface area contributed by atoms with Gasteiger partial charge in [0.1, 0.15) is 17.3 Å². The second kappa shape index (κ2) is 6.97. The van der Waals surface area contributed by atoms with Crippen LogP contribution >= 0.6 is 0 Å². The topological polar surface area (TPSA) is 117 Å². The molecule has 31 heavy (non-hydrogen) atoms. The van der Waals surface area contributed by atoms with Crippen molar-refractivity contribution in [3.63, 3.8) is 0 Å². The highest BCUT2D eigenvalue weighted by Crippen LogP contribution is 2.37. The Hall–Kier alpha value is -3.62. The highest BCUT2D eigenvalue weighted by molar-refractivity contribution is 5.98. The molecule has 0 bridgehead atoms. The average Bonchev–Trinajstić information content (AvgIpc) is 2.87. The molecule has 4 rings (SSSR count). The van der Waals surface area contributed by atoms with Crippen LogP contribution in [-0.4, -0.2) is 27.3 Å². The normalized spacial score (nSPS) is 17.5. The van der Waals surface area contributed by atoms with Crippen molar-refractivity contribution in [3.05, 3.63) is 68.7 Å². The molecule has 3 aromatic rings. The van der Waals surface area contributed by atoms with E-state index in [1.54, 1.807) is 55.8 Å². The lowest BCUT2D eigenvalue weighted by Gasteiger charge is -2.35. The van der Waals surface area contributed by atoms with E-state index < -0.39 is 35.1 Å². The zero-order valence-electron chi connectivity index (χ0n) is 17.9. The molecule has 1 atom stereocenters. The summed E-state index contributed by atoms with van der Waals surface area (Å²) in [7, 11) is 1.65. The third kappa shape index (κ3) is 3.26. The standard InChI is InChI=1S/C22H23N3O6/c1-11-12(2)25(29)19(24(11)5)16(17-20(27)30-22(3,4)31-21(17)28)14-10-13-8-6-7-9-15(13)23-18(14)26/h6-10,16-17H,1-5H3,(H,23,26)/t16-/m0/s1. The lowest BCUT2D eigenvalue weighted by molar-refractivity contribution is -0.621. The molecule has 162 valence electrons. The Morgan fingerprint density at radius 1 is 1.13 bits per heavy atom. The molecule has 1 aliphatic heterocycles. The Labute approximate surface area is 177 Å². The molecule has 2 aromatic heterocycles.